The zero-order chi connectivity index (χ0) is 22.5. The fraction of sp³-hybridized carbons (Fsp3) is 0.409. The van der Waals surface area contributed by atoms with E-state index >= 15 is 0 Å². The number of benzene rings is 2. The average molecular weight is 448 g/mol. The summed E-state index contributed by atoms with van der Waals surface area (Å²) in [5, 5.41) is 0.246. The molecule has 0 amide bonds. The van der Waals surface area contributed by atoms with E-state index in [0.717, 1.165) is 32.7 Å². The van der Waals surface area contributed by atoms with E-state index in [4.69, 9.17) is 0 Å². The van der Waals surface area contributed by atoms with Gasteiger partial charge in [0, 0.05) is 24.2 Å². The van der Waals surface area contributed by atoms with Crippen LogP contribution in [-0.2, 0) is 24.1 Å². The number of anilines is 1. The molecular weight excluding hydrogens is 418 g/mol. The number of aryl methyl sites for hydroxylation is 4. The Morgan fingerprint density at radius 2 is 1.40 bits per heavy atom. The average Bonchev–Trinajstić information content (AvgIpc) is 2.84. The van der Waals surface area contributed by atoms with E-state index in [2.05, 4.69) is 18.6 Å². The predicted octanol–water partition coefficient (Wildman–Crippen LogP) is 4.41. The Morgan fingerprint density at radius 3 is 1.90 bits per heavy atom. The van der Waals surface area contributed by atoms with Gasteiger partial charge in [0.05, 0.1) is 21.6 Å². The molecule has 162 valence electrons. The van der Waals surface area contributed by atoms with Crippen LogP contribution in [0.5, 0.6) is 0 Å². The van der Waals surface area contributed by atoms with Gasteiger partial charge in [-0.2, -0.15) is 0 Å². The number of hydrogen-bond acceptors (Lipinski definition) is 4. The van der Waals surface area contributed by atoms with Gasteiger partial charge in [0.1, 0.15) is 0 Å². The van der Waals surface area contributed by atoms with E-state index in [-0.39, 0.29) is 10.9 Å². The molecule has 6 nitrogen and oxygen atoms in total. The number of imidazole rings is 1. The van der Waals surface area contributed by atoms with Crippen molar-refractivity contribution in [2.75, 3.05) is 4.72 Å². The molecule has 0 aliphatic carbocycles. The number of nitrogens with zero attached hydrogens (tertiary/aromatic N) is 2. The lowest BCUT2D eigenvalue weighted by atomic mass is 10.0. The lowest BCUT2D eigenvalue weighted by Crippen LogP contribution is -2.19. The van der Waals surface area contributed by atoms with Crippen LogP contribution in [0, 0.1) is 27.7 Å². The van der Waals surface area contributed by atoms with Gasteiger partial charge in [0.25, 0.3) is 10.0 Å². The molecule has 3 aromatic rings. The van der Waals surface area contributed by atoms with Crippen molar-refractivity contribution < 1.29 is 8.42 Å². The van der Waals surface area contributed by atoms with Crippen molar-refractivity contribution in [3.63, 3.8) is 0 Å². The molecule has 3 rings (SSSR count). The minimum Gasteiger partial charge on any atom is -0.295 e. The number of aromatic nitrogens is 2. The SMILES string of the molecule is Cc1cc(C)c(C)c(S(=O)(=O)Nc2cc3c(cc2SC(C)C)n(C)c(=O)n3C)c1C. The molecule has 0 aliphatic heterocycles. The van der Waals surface area contributed by atoms with Gasteiger partial charge in [-0.3, -0.25) is 13.9 Å². The van der Waals surface area contributed by atoms with Crippen molar-refractivity contribution in [1.82, 2.24) is 9.13 Å². The van der Waals surface area contributed by atoms with Gasteiger partial charge >= 0.3 is 5.69 Å². The van der Waals surface area contributed by atoms with Gasteiger partial charge in [0.2, 0.25) is 0 Å². The largest absolute Gasteiger partial charge is 0.328 e. The summed E-state index contributed by atoms with van der Waals surface area (Å²) in [4.78, 5) is 13.5. The lowest BCUT2D eigenvalue weighted by molar-refractivity contribution is 0.599. The number of nitrogens with one attached hydrogen (secondary N) is 1. The summed E-state index contributed by atoms with van der Waals surface area (Å²) in [6.07, 6.45) is 0. The zero-order valence-corrected chi connectivity index (χ0v) is 20.4. The van der Waals surface area contributed by atoms with E-state index in [1.807, 2.05) is 39.8 Å². The fourth-order valence-electron chi connectivity index (χ4n) is 3.74. The lowest BCUT2D eigenvalue weighted by Gasteiger charge is -2.19. The van der Waals surface area contributed by atoms with Gasteiger partial charge in [-0.15, -0.1) is 11.8 Å². The van der Waals surface area contributed by atoms with E-state index in [1.165, 1.54) is 4.57 Å². The van der Waals surface area contributed by atoms with Gasteiger partial charge in [-0.1, -0.05) is 19.9 Å². The summed E-state index contributed by atoms with van der Waals surface area (Å²) < 4.78 is 32.9. The standard InChI is InChI=1S/C22H29N3O3S2/c1-12(2)29-20-11-19-18(24(7)22(26)25(19)8)10-17(20)23-30(27,28)21-15(5)13(3)9-14(4)16(21)6/h9-12,23H,1-8H3. The van der Waals surface area contributed by atoms with E-state index in [9.17, 15) is 13.2 Å². The van der Waals surface area contributed by atoms with E-state index < -0.39 is 10.0 Å². The van der Waals surface area contributed by atoms with Crippen molar-refractivity contribution >= 4 is 38.5 Å². The van der Waals surface area contributed by atoms with Crippen LogP contribution >= 0.6 is 11.8 Å². The zero-order valence-electron chi connectivity index (χ0n) is 18.7. The molecule has 0 fully saturated rings. The molecule has 0 atom stereocenters. The molecule has 1 heterocycles. The van der Waals surface area contributed by atoms with Crippen LogP contribution in [0.15, 0.2) is 32.8 Å². The molecule has 0 aliphatic rings. The second kappa shape index (κ2) is 7.81. The Kier molecular flexibility index (Phi) is 5.86. The van der Waals surface area contributed by atoms with Crippen LogP contribution in [0.1, 0.15) is 36.1 Å². The van der Waals surface area contributed by atoms with Crippen LogP contribution in [0.3, 0.4) is 0 Å². The maximum atomic E-state index is 13.5. The highest BCUT2D eigenvalue weighted by Crippen LogP contribution is 2.36. The van der Waals surface area contributed by atoms with Crippen molar-refractivity contribution in [3.8, 4) is 0 Å². The maximum Gasteiger partial charge on any atom is 0.328 e. The second-order valence-corrected chi connectivity index (χ2v) is 11.3. The van der Waals surface area contributed by atoms with Gasteiger partial charge < -0.3 is 0 Å². The molecule has 1 aromatic heterocycles. The minimum atomic E-state index is -3.82. The second-order valence-electron chi connectivity index (χ2n) is 8.10. The first-order valence-corrected chi connectivity index (χ1v) is 12.2. The smallest absolute Gasteiger partial charge is 0.295 e. The van der Waals surface area contributed by atoms with Crippen molar-refractivity contribution in [2.45, 2.75) is 56.6 Å². The number of fused-ring (bicyclic) bond motifs is 1. The summed E-state index contributed by atoms with van der Waals surface area (Å²) in [5.41, 5.74) is 5.17. The number of sulfonamides is 1. The van der Waals surface area contributed by atoms with E-state index in [0.29, 0.717) is 16.1 Å². The topological polar surface area (TPSA) is 73.1 Å². The predicted molar refractivity (Wildman–Crippen MR) is 125 cm³/mol. The summed E-state index contributed by atoms with van der Waals surface area (Å²) in [5.74, 6) is 0. The highest BCUT2D eigenvalue weighted by molar-refractivity contribution is 8.00. The van der Waals surface area contributed by atoms with Gasteiger partial charge in [-0.25, -0.2) is 13.2 Å². The maximum absolute atomic E-state index is 13.5. The third-order valence-corrected chi connectivity index (χ3v) is 8.25. The number of thioether (sulfide) groups is 1. The van der Waals surface area contributed by atoms with E-state index in [1.54, 1.807) is 36.5 Å². The van der Waals surface area contributed by atoms with Gasteiger partial charge in [-0.05, 0) is 62.1 Å². The number of hydrogen-bond donors (Lipinski definition) is 1. The van der Waals surface area contributed by atoms with Crippen LogP contribution < -0.4 is 10.4 Å². The van der Waals surface area contributed by atoms with Crippen LogP contribution in [0.2, 0.25) is 0 Å². The molecule has 0 unspecified atom stereocenters. The quantitative estimate of drug-likeness (QED) is 0.588. The van der Waals surface area contributed by atoms with Crippen molar-refractivity contribution in [1.29, 1.82) is 0 Å². The Bertz CT molecular complexity index is 1290. The summed E-state index contributed by atoms with van der Waals surface area (Å²) in [6, 6.07) is 5.66. The summed E-state index contributed by atoms with van der Waals surface area (Å²) in [6.45, 7) is 11.6. The molecule has 0 radical (unpaired) electrons. The van der Waals surface area contributed by atoms with Crippen molar-refractivity contribution in [2.24, 2.45) is 14.1 Å². The number of rotatable bonds is 5. The first-order chi connectivity index (χ1) is 13.8. The first kappa shape index (κ1) is 22.5. The first-order valence-electron chi connectivity index (χ1n) is 9.81. The Hall–Kier alpha value is -2.19. The molecule has 0 saturated carbocycles. The third-order valence-electron chi connectivity index (χ3n) is 5.55. The molecule has 0 bridgehead atoms. The Labute approximate surface area is 182 Å². The summed E-state index contributed by atoms with van der Waals surface area (Å²) >= 11 is 1.56. The third kappa shape index (κ3) is 3.78. The Morgan fingerprint density at radius 1 is 0.900 bits per heavy atom. The highest BCUT2D eigenvalue weighted by Gasteiger charge is 2.24. The van der Waals surface area contributed by atoms with Crippen LogP contribution in [0.4, 0.5) is 5.69 Å². The van der Waals surface area contributed by atoms with Crippen LogP contribution in [-0.4, -0.2) is 22.8 Å². The molecule has 8 heteroatoms. The summed E-state index contributed by atoms with van der Waals surface area (Å²) in [7, 11) is -0.407. The van der Waals surface area contributed by atoms with Gasteiger partial charge in [0.15, 0.2) is 0 Å². The Balaban J connectivity index is 2.24. The normalized spacial score (nSPS) is 12.2. The van der Waals surface area contributed by atoms with Crippen molar-refractivity contribution in [3.05, 3.63) is 50.9 Å². The highest BCUT2D eigenvalue weighted by atomic mass is 32.2. The molecular formula is C22H29N3O3S2. The molecule has 0 saturated heterocycles. The van der Waals surface area contributed by atoms with Crippen LogP contribution in [0.25, 0.3) is 11.0 Å². The molecule has 2 aromatic carbocycles. The molecule has 1 N–H and O–H groups in total. The molecule has 30 heavy (non-hydrogen) atoms. The fourth-order valence-corrected chi connectivity index (χ4v) is 6.41. The molecule has 0 spiro atoms. The minimum absolute atomic E-state index is 0.147. The monoisotopic (exact) mass is 447 g/mol.